The number of para-hydroxylation sites is 1. The summed E-state index contributed by atoms with van der Waals surface area (Å²) in [4.78, 5) is 12.6. The SMILES string of the molecule is CCC1(CC)Oc2ccccc2C(=O)C1(Cl)SCl. The van der Waals surface area contributed by atoms with E-state index in [1.54, 1.807) is 18.2 Å². The summed E-state index contributed by atoms with van der Waals surface area (Å²) < 4.78 is 4.77. The fourth-order valence-electron chi connectivity index (χ4n) is 2.35. The molecule has 0 N–H and O–H groups in total. The Kier molecular flexibility index (Phi) is 3.86. The van der Waals surface area contributed by atoms with Gasteiger partial charge in [0.05, 0.1) is 5.56 Å². The predicted octanol–water partition coefficient (Wildman–Crippen LogP) is 4.64. The Morgan fingerprint density at radius 3 is 2.44 bits per heavy atom. The van der Waals surface area contributed by atoms with Crippen LogP contribution in [0.5, 0.6) is 5.75 Å². The molecule has 0 radical (unpaired) electrons. The van der Waals surface area contributed by atoms with Gasteiger partial charge in [0, 0.05) is 0 Å². The van der Waals surface area contributed by atoms with Crippen LogP contribution in [0.3, 0.4) is 0 Å². The lowest BCUT2D eigenvalue weighted by Gasteiger charge is -2.46. The van der Waals surface area contributed by atoms with Crippen LogP contribution in [-0.2, 0) is 0 Å². The molecule has 1 aromatic carbocycles. The number of benzene rings is 1. The summed E-state index contributed by atoms with van der Waals surface area (Å²) in [7, 11) is 6.75. The van der Waals surface area contributed by atoms with Crippen molar-refractivity contribution in [2.45, 2.75) is 36.5 Å². The molecule has 0 bridgehead atoms. The van der Waals surface area contributed by atoms with Crippen molar-refractivity contribution >= 4 is 39.0 Å². The molecule has 98 valence electrons. The van der Waals surface area contributed by atoms with Crippen LogP contribution in [-0.4, -0.2) is 15.6 Å². The van der Waals surface area contributed by atoms with Crippen LogP contribution in [0.2, 0.25) is 0 Å². The summed E-state index contributed by atoms with van der Waals surface area (Å²) in [6.07, 6.45) is 1.24. The number of alkyl halides is 1. The number of hydrogen-bond donors (Lipinski definition) is 0. The molecule has 0 fully saturated rings. The van der Waals surface area contributed by atoms with E-state index in [2.05, 4.69) is 0 Å². The number of rotatable bonds is 3. The molecule has 2 rings (SSSR count). The van der Waals surface area contributed by atoms with Crippen molar-refractivity contribution in [1.29, 1.82) is 0 Å². The number of hydrogen-bond acceptors (Lipinski definition) is 3. The van der Waals surface area contributed by atoms with E-state index in [9.17, 15) is 4.79 Å². The van der Waals surface area contributed by atoms with Crippen molar-refractivity contribution < 1.29 is 9.53 Å². The molecule has 0 spiro atoms. The van der Waals surface area contributed by atoms with Crippen LogP contribution < -0.4 is 4.74 Å². The van der Waals surface area contributed by atoms with Crippen LogP contribution >= 0.6 is 33.3 Å². The van der Waals surface area contributed by atoms with Gasteiger partial charge >= 0.3 is 0 Å². The van der Waals surface area contributed by atoms with Gasteiger partial charge < -0.3 is 4.74 Å². The number of ether oxygens (including phenoxy) is 1. The average Bonchev–Trinajstić information content (AvgIpc) is 2.43. The minimum Gasteiger partial charge on any atom is -0.483 e. The minimum absolute atomic E-state index is 0.172. The second kappa shape index (κ2) is 4.95. The van der Waals surface area contributed by atoms with Gasteiger partial charge in [0.25, 0.3) is 0 Å². The zero-order valence-corrected chi connectivity index (χ0v) is 12.5. The third-order valence-electron chi connectivity index (χ3n) is 3.56. The summed E-state index contributed by atoms with van der Waals surface area (Å²) in [6.45, 7) is 3.91. The van der Waals surface area contributed by atoms with Crippen LogP contribution in [0.25, 0.3) is 0 Å². The Hall–Kier alpha value is -0.380. The van der Waals surface area contributed by atoms with Crippen molar-refractivity contribution in [3.05, 3.63) is 29.8 Å². The van der Waals surface area contributed by atoms with E-state index in [0.29, 0.717) is 24.2 Å². The molecular formula is C13H14Cl2O2S. The van der Waals surface area contributed by atoms with E-state index in [1.165, 1.54) is 0 Å². The van der Waals surface area contributed by atoms with Crippen LogP contribution in [0.1, 0.15) is 37.0 Å². The summed E-state index contributed by atoms with van der Waals surface area (Å²) in [6, 6.07) is 7.15. The molecular weight excluding hydrogens is 291 g/mol. The number of ketones is 1. The van der Waals surface area contributed by atoms with Crippen molar-refractivity contribution in [1.82, 2.24) is 0 Å². The lowest BCUT2D eigenvalue weighted by atomic mass is 9.84. The normalized spacial score (nSPS) is 25.4. The first-order chi connectivity index (χ1) is 8.54. The number of carbonyl (C=O) groups excluding carboxylic acids is 1. The smallest absolute Gasteiger partial charge is 0.206 e. The molecule has 1 atom stereocenters. The van der Waals surface area contributed by atoms with Gasteiger partial charge in [-0.3, -0.25) is 4.79 Å². The van der Waals surface area contributed by atoms with Gasteiger partial charge in [-0.1, -0.05) is 37.6 Å². The summed E-state index contributed by atoms with van der Waals surface area (Å²) in [5.74, 6) is 0.419. The summed E-state index contributed by atoms with van der Waals surface area (Å²) in [5.41, 5.74) is -0.273. The van der Waals surface area contributed by atoms with Crippen LogP contribution in [0.4, 0.5) is 0 Å². The molecule has 0 aromatic heterocycles. The monoisotopic (exact) mass is 304 g/mol. The highest BCUT2D eigenvalue weighted by atomic mass is 35.7. The van der Waals surface area contributed by atoms with Gasteiger partial charge in [-0.15, -0.1) is 0 Å². The standard InChI is InChI=1S/C13H14Cl2O2S/c1-3-12(4-2)13(14,18-15)11(16)9-7-5-6-8-10(9)17-12/h5-8H,3-4H2,1-2H3. The van der Waals surface area contributed by atoms with E-state index < -0.39 is 9.81 Å². The third kappa shape index (κ3) is 1.75. The Bertz CT molecular complexity index is 474. The highest BCUT2D eigenvalue weighted by molar-refractivity contribution is 8.23. The lowest BCUT2D eigenvalue weighted by molar-refractivity contribution is 0.0302. The van der Waals surface area contributed by atoms with Gasteiger partial charge in [0.15, 0.2) is 0 Å². The van der Waals surface area contributed by atoms with Crippen molar-refractivity contribution in [2.75, 3.05) is 0 Å². The molecule has 1 aromatic rings. The molecule has 1 unspecified atom stereocenters. The van der Waals surface area contributed by atoms with Crippen molar-refractivity contribution in [3.63, 3.8) is 0 Å². The zero-order chi connectivity index (χ0) is 13.4. The first-order valence-electron chi connectivity index (χ1n) is 5.86. The van der Waals surface area contributed by atoms with Gasteiger partial charge in [-0.25, -0.2) is 0 Å². The van der Waals surface area contributed by atoms with Crippen molar-refractivity contribution in [2.24, 2.45) is 0 Å². The van der Waals surface area contributed by atoms with E-state index in [4.69, 9.17) is 27.0 Å². The van der Waals surface area contributed by atoms with Crippen LogP contribution in [0, 0.1) is 0 Å². The Morgan fingerprint density at radius 2 is 1.89 bits per heavy atom. The number of Topliss-reactive ketones (excluding diaryl/α,β-unsaturated/α-hetero) is 1. The third-order valence-corrected chi connectivity index (χ3v) is 6.01. The van der Waals surface area contributed by atoms with Crippen molar-refractivity contribution in [3.8, 4) is 5.75 Å². The largest absolute Gasteiger partial charge is 0.483 e. The molecule has 5 heteroatoms. The van der Waals surface area contributed by atoms with Gasteiger partial charge in [-0.05, 0) is 46.6 Å². The van der Waals surface area contributed by atoms with E-state index in [-0.39, 0.29) is 5.78 Å². The lowest BCUT2D eigenvalue weighted by Crippen LogP contribution is -2.58. The number of fused-ring (bicyclic) bond motifs is 1. The molecule has 1 aliphatic heterocycles. The highest BCUT2D eigenvalue weighted by Crippen LogP contribution is 2.54. The molecule has 1 aliphatic rings. The van der Waals surface area contributed by atoms with E-state index in [0.717, 1.165) is 11.0 Å². The first-order valence-corrected chi connectivity index (χ1v) is 7.88. The minimum atomic E-state index is -1.27. The quantitative estimate of drug-likeness (QED) is 0.761. The van der Waals surface area contributed by atoms with E-state index in [1.807, 2.05) is 19.9 Å². The second-order valence-corrected chi connectivity index (χ2v) is 6.32. The topological polar surface area (TPSA) is 26.3 Å². The molecule has 2 nitrogen and oxygen atoms in total. The fourth-order valence-corrected chi connectivity index (χ4v) is 4.04. The van der Waals surface area contributed by atoms with Gasteiger partial charge in [-0.2, -0.15) is 0 Å². The van der Waals surface area contributed by atoms with Gasteiger partial charge in [0.1, 0.15) is 11.4 Å². The first kappa shape index (κ1) is 14.0. The Balaban J connectivity index is 2.63. The second-order valence-electron chi connectivity index (χ2n) is 4.30. The number of halogens is 2. The maximum Gasteiger partial charge on any atom is 0.206 e. The predicted molar refractivity (Wildman–Crippen MR) is 76.7 cm³/mol. The van der Waals surface area contributed by atoms with Gasteiger partial charge in [0.2, 0.25) is 9.99 Å². The zero-order valence-electron chi connectivity index (χ0n) is 10.2. The molecule has 0 aliphatic carbocycles. The maximum absolute atomic E-state index is 12.6. The Morgan fingerprint density at radius 1 is 1.28 bits per heavy atom. The highest BCUT2D eigenvalue weighted by Gasteiger charge is 2.59. The Labute approximate surface area is 120 Å². The molecule has 0 saturated carbocycles. The molecule has 1 heterocycles. The molecule has 18 heavy (non-hydrogen) atoms. The fraction of sp³-hybridized carbons (Fsp3) is 0.462. The summed E-state index contributed by atoms with van der Waals surface area (Å²) in [5, 5.41) is 0. The van der Waals surface area contributed by atoms with Crippen LogP contribution in [0.15, 0.2) is 24.3 Å². The average molecular weight is 305 g/mol. The molecule has 0 amide bonds. The number of carbonyl (C=O) groups is 1. The summed E-state index contributed by atoms with van der Waals surface area (Å²) >= 11 is 6.52. The van der Waals surface area contributed by atoms with E-state index >= 15 is 0 Å². The molecule has 0 saturated heterocycles. The maximum atomic E-state index is 12.6.